The number of hydrogen-bond acceptors (Lipinski definition) is 4. The highest BCUT2D eigenvalue weighted by Gasteiger charge is 2.29. The molecule has 1 aliphatic rings. The Kier molecular flexibility index (Phi) is 5.63. The summed E-state index contributed by atoms with van der Waals surface area (Å²) < 4.78 is 41.0. The molecule has 24 heavy (non-hydrogen) atoms. The van der Waals surface area contributed by atoms with Crippen LogP contribution in [0.4, 0.5) is 13.2 Å². The van der Waals surface area contributed by atoms with Crippen LogP contribution in [0.5, 0.6) is 5.88 Å². The number of carbonyl (C=O) groups is 2. The number of carboxylic acids is 1. The van der Waals surface area contributed by atoms with Gasteiger partial charge in [-0.3, -0.25) is 9.59 Å². The summed E-state index contributed by atoms with van der Waals surface area (Å²) in [7, 11) is 0. The summed E-state index contributed by atoms with van der Waals surface area (Å²) in [5.41, 5.74) is 0.193. The highest BCUT2D eigenvalue weighted by atomic mass is 19.4. The van der Waals surface area contributed by atoms with Crippen molar-refractivity contribution >= 4 is 11.9 Å². The van der Waals surface area contributed by atoms with E-state index in [2.05, 4.69) is 9.72 Å². The Bertz CT molecular complexity index is 599. The van der Waals surface area contributed by atoms with Crippen LogP contribution in [0, 0.1) is 5.92 Å². The molecule has 1 N–H and O–H groups in total. The van der Waals surface area contributed by atoms with Gasteiger partial charge in [-0.25, -0.2) is 4.98 Å². The fourth-order valence-electron chi connectivity index (χ4n) is 2.55. The molecule has 2 heterocycles. The molecule has 0 saturated carbocycles. The Hall–Kier alpha value is -2.32. The van der Waals surface area contributed by atoms with Crippen LogP contribution in [-0.4, -0.2) is 52.7 Å². The standard InChI is InChI=1S/C15H17F3N2O4/c16-15(17,18)9-24-12-8-11(1-4-19-12)14(23)20-5-2-10(3-6-20)7-13(21)22/h1,4,8,10H,2-3,5-7,9H2,(H,21,22). The van der Waals surface area contributed by atoms with E-state index in [9.17, 15) is 22.8 Å². The predicted molar refractivity (Wildman–Crippen MR) is 76.7 cm³/mol. The molecule has 0 radical (unpaired) electrons. The second-order valence-electron chi connectivity index (χ2n) is 5.62. The minimum Gasteiger partial charge on any atom is -0.481 e. The third-order valence-electron chi connectivity index (χ3n) is 3.73. The lowest BCUT2D eigenvalue weighted by molar-refractivity contribution is -0.154. The first-order valence-corrected chi connectivity index (χ1v) is 7.41. The predicted octanol–water partition coefficient (Wildman–Crippen LogP) is 2.35. The maximum absolute atomic E-state index is 12.4. The van der Waals surface area contributed by atoms with Crippen molar-refractivity contribution in [3.63, 3.8) is 0 Å². The third-order valence-corrected chi connectivity index (χ3v) is 3.73. The monoisotopic (exact) mass is 346 g/mol. The van der Waals surface area contributed by atoms with Crippen LogP contribution in [0.2, 0.25) is 0 Å². The number of hydrogen-bond donors (Lipinski definition) is 1. The molecule has 0 aliphatic carbocycles. The number of aromatic nitrogens is 1. The van der Waals surface area contributed by atoms with Crippen molar-refractivity contribution in [2.45, 2.75) is 25.4 Å². The third kappa shape index (κ3) is 5.39. The maximum atomic E-state index is 12.4. The number of ether oxygens (including phenoxy) is 1. The number of rotatable bonds is 5. The molecule has 132 valence electrons. The molecule has 1 aromatic rings. The average Bonchev–Trinajstić information content (AvgIpc) is 2.52. The van der Waals surface area contributed by atoms with E-state index in [0.717, 1.165) is 0 Å². The molecule has 1 fully saturated rings. The van der Waals surface area contributed by atoms with Crippen LogP contribution in [0.25, 0.3) is 0 Å². The van der Waals surface area contributed by atoms with E-state index in [-0.39, 0.29) is 29.7 Å². The number of likely N-dealkylation sites (tertiary alicyclic amines) is 1. The molecule has 0 bridgehead atoms. The number of piperidine rings is 1. The van der Waals surface area contributed by atoms with E-state index in [1.807, 2.05) is 0 Å². The van der Waals surface area contributed by atoms with Crippen molar-refractivity contribution in [3.8, 4) is 5.88 Å². The summed E-state index contributed by atoms with van der Waals surface area (Å²) in [5.74, 6) is -1.42. The summed E-state index contributed by atoms with van der Waals surface area (Å²) >= 11 is 0. The Morgan fingerprint density at radius 2 is 2.00 bits per heavy atom. The van der Waals surface area contributed by atoms with E-state index in [4.69, 9.17) is 5.11 Å². The van der Waals surface area contributed by atoms with Crippen LogP contribution in [0.15, 0.2) is 18.3 Å². The molecule has 0 spiro atoms. The number of carboxylic acid groups (broad SMARTS) is 1. The number of pyridine rings is 1. The minimum absolute atomic E-state index is 0.0367. The van der Waals surface area contributed by atoms with Crippen molar-refractivity contribution in [1.82, 2.24) is 9.88 Å². The number of amides is 1. The first-order chi connectivity index (χ1) is 11.2. The van der Waals surface area contributed by atoms with Gasteiger partial charge in [-0.1, -0.05) is 0 Å². The van der Waals surface area contributed by atoms with E-state index < -0.39 is 18.8 Å². The van der Waals surface area contributed by atoms with Gasteiger partial charge in [0.2, 0.25) is 5.88 Å². The zero-order valence-electron chi connectivity index (χ0n) is 12.8. The second-order valence-corrected chi connectivity index (χ2v) is 5.62. The second kappa shape index (κ2) is 7.50. The van der Waals surface area contributed by atoms with Gasteiger partial charge in [-0.15, -0.1) is 0 Å². The summed E-state index contributed by atoms with van der Waals surface area (Å²) in [6.07, 6.45) is -2.02. The molecule has 0 unspecified atom stereocenters. The smallest absolute Gasteiger partial charge is 0.422 e. The van der Waals surface area contributed by atoms with E-state index in [1.54, 1.807) is 4.90 Å². The van der Waals surface area contributed by atoms with Crippen molar-refractivity contribution < 1.29 is 32.6 Å². The van der Waals surface area contributed by atoms with Gasteiger partial charge in [-0.05, 0) is 24.8 Å². The lowest BCUT2D eigenvalue weighted by Crippen LogP contribution is -2.38. The molecule has 1 aliphatic heterocycles. The van der Waals surface area contributed by atoms with Crippen molar-refractivity contribution in [3.05, 3.63) is 23.9 Å². The van der Waals surface area contributed by atoms with Gasteiger partial charge in [0.25, 0.3) is 5.91 Å². The highest BCUT2D eigenvalue weighted by molar-refractivity contribution is 5.94. The molecule has 2 rings (SSSR count). The molecular formula is C15H17F3N2O4. The quantitative estimate of drug-likeness (QED) is 0.885. The van der Waals surface area contributed by atoms with Gasteiger partial charge >= 0.3 is 12.1 Å². The van der Waals surface area contributed by atoms with Crippen molar-refractivity contribution in [2.24, 2.45) is 5.92 Å². The van der Waals surface area contributed by atoms with Crippen LogP contribution < -0.4 is 4.74 Å². The maximum Gasteiger partial charge on any atom is 0.422 e. The normalized spacial score (nSPS) is 16.0. The van der Waals surface area contributed by atoms with E-state index >= 15 is 0 Å². The topological polar surface area (TPSA) is 79.7 Å². The Labute approximate surface area is 136 Å². The van der Waals surface area contributed by atoms with Crippen LogP contribution >= 0.6 is 0 Å². The largest absolute Gasteiger partial charge is 0.481 e. The van der Waals surface area contributed by atoms with Crippen LogP contribution in [-0.2, 0) is 4.79 Å². The summed E-state index contributed by atoms with van der Waals surface area (Å²) in [5, 5.41) is 8.78. The number of aliphatic carboxylic acids is 1. The van der Waals surface area contributed by atoms with Crippen LogP contribution in [0.1, 0.15) is 29.6 Å². The van der Waals surface area contributed by atoms with Crippen LogP contribution in [0.3, 0.4) is 0 Å². The van der Waals surface area contributed by atoms with Gasteiger partial charge in [0.1, 0.15) is 0 Å². The van der Waals surface area contributed by atoms with E-state index in [0.29, 0.717) is 25.9 Å². The molecular weight excluding hydrogens is 329 g/mol. The van der Waals surface area contributed by atoms with Gasteiger partial charge in [-0.2, -0.15) is 13.2 Å². The Morgan fingerprint density at radius 1 is 1.33 bits per heavy atom. The van der Waals surface area contributed by atoms with Gasteiger partial charge in [0.05, 0.1) is 0 Å². The molecule has 0 atom stereocenters. The van der Waals surface area contributed by atoms with Gasteiger partial charge < -0.3 is 14.7 Å². The zero-order chi connectivity index (χ0) is 17.7. The first-order valence-electron chi connectivity index (χ1n) is 7.41. The van der Waals surface area contributed by atoms with Gasteiger partial charge in [0.15, 0.2) is 6.61 Å². The fraction of sp³-hybridized carbons (Fsp3) is 0.533. The zero-order valence-corrected chi connectivity index (χ0v) is 12.8. The van der Waals surface area contributed by atoms with E-state index in [1.165, 1.54) is 18.3 Å². The number of carbonyl (C=O) groups excluding carboxylic acids is 1. The fourth-order valence-corrected chi connectivity index (χ4v) is 2.55. The number of nitrogens with zero attached hydrogens (tertiary/aromatic N) is 2. The van der Waals surface area contributed by atoms with Gasteiger partial charge in [0, 0.05) is 37.3 Å². The number of alkyl halides is 3. The molecule has 0 aromatic carbocycles. The average molecular weight is 346 g/mol. The lowest BCUT2D eigenvalue weighted by atomic mass is 9.93. The summed E-state index contributed by atoms with van der Waals surface area (Å²) in [4.78, 5) is 28.3. The molecule has 9 heteroatoms. The van der Waals surface area contributed by atoms with Crippen molar-refractivity contribution in [1.29, 1.82) is 0 Å². The minimum atomic E-state index is -4.48. The molecule has 1 saturated heterocycles. The summed E-state index contributed by atoms with van der Waals surface area (Å²) in [6, 6.07) is 2.59. The number of halogens is 3. The molecule has 1 aromatic heterocycles. The lowest BCUT2D eigenvalue weighted by Gasteiger charge is -2.31. The SMILES string of the molecule is O=C(O)CC1CCN(C(=O)c2ccnc(OCC(F)(F)F)c2)CC1. The summed E-state index contributed by atoms with van der Waals surface area (Å²) in [6.45, 7) is -0.645. The molecule has 1 amide bonds. The first kappa shape index (κ1) is 18.0. The highest BCUT2D eigenvalue weighted by Crippen LogP contribution is 2.23. The Balaban J connectivity index is 1.94. The Morgan fingerprint density at radius 3 is 2.58 bits per heavy atom. The van der Waals surface area contributed by atoms with Crippen molar-refractivity contribution in [2.75, 3.05) is 19.7 Å². The molecule has 6 nitrogen and oxygen atoms in total.